The molecule has 0 nitrogen and oxygen atoms in total. The van der Waals surface area contributed by atoms with Crippen LogP contribution >= 0.6 is 0 Å². The Balaban J connectivity index is 1.62. The molecule has 0 amide bonds. The molecule has 0 saturated heterocycles. The summed E-state index contributed by atoms with van der Waals surface area (Å²) in [5, 5.41) is 0. The molecule has 0 bridgehead atoms. The summed E-state index contributed by atoms with van der Waals surface area (Å²) in [6.45, 7) is 20.9. The van der Waals surface area contributed by atoms with Crippen LogP contribution in [0.5, 0.6) is 0 Å². The van der Waals surface area contributed by atoms with Gasteiger partial charge in [-0.1, -0.05) is 79.5 Å². The molecular formula is C29H46. The van der Waals surface area contributed by atoms with Crippen molar-refractivity contribution in [2.75, 3.05) is 0 Å². The van der Waals surface area contributed by atoms with E-state index < -0.39 is 0 Å². The Hall–Kier alpha value is -0.520. The molecule has 7 atom stereocenters. The highest BCUT2D eigenvalue weighted by Gasteiger charge is 2.68. The molecule has 0 spiro atoms. The summed E-state index contributed by atoms with van der Waals surface area (Å²) in [5.74, 6) is 3.33. The van der Waals surface area contributed by atoms with Crippen LogP contribution in [-0.4, -0.2) is 0 Å². The van der Waals surface area contributed by atoms with Crippen LogP contribution in [0.25, 0.3) is 0 Å². The Morgan fingerprint density at radius 2 is 1.66 bits per heavy atom. The van der Waals surface area contributed by atoms with E-state index in [0.29, 0.717) is 27.1 Å². The second-order valence-electron chi connectivity index (χ2n) is 13.9. The van der Waals surface area contributed by atoms with E-state index in [0.717, 1.165) is 23.7 Å². The van der Waals surface area contributed by atoms with Crippen molar-refractivity contribution >= 4 is 0 Å². The molecule has 0 radical (unpaired) electrons. The predicted molar refractivity (Wildman–Crippen MR) is 125 cm³/mol. The van der Waals surface area contributed by atoms with E-state index >= 15 is 0 Å². The van der Waals surface area contributed by atoms with Gasteiger partial charge in [-0.25, -0.2) is 0 Å². The van der Waals surface area contributed by atoms with Gasteiger partial charge < -0.3 is 0 Å². The third-order valence-corrected chi connectivity index (χ3v) is 12.0. The lowest BCUT2D eigenvalue weighted by atomic mass is 9.37. The fourth-order valence-electron chi connectivity index (χ4n) is 10.7. The van der Waals surface area contributed by atoms with E-state index in [2.05, 4.69) is 67.5 Å². The fourth-order valence-corrected chi connectivity index (χ4v) is 10.7. The van der Waals surface area contributed by atoms with Crippen molar-refractivity contribution < 1.29 is 0 Å². The highest BCUT2D eigenvalue weighted by atomic mass is 14.7. The summed E-state index contributed by atoms with van der Waals surface area (Å²) in [6, 6.07) is 0. The van der Waals surface area contributed by atoms with Crippen molar-refractivity contribution in [3.05, 3.63) is 23.3 Å². The van der Waals surface area contributed by atoms with Gasteiger partial charge in [-0.15, -0.1) is 0 Å². The summed E-state index contributed by atoms with van der Waals surface area (Å²) >= 11 is 0. The fraction of sp³-hybridized carbons (Fsp3) is 0.862. The monoisotopic (exact) mass is 394 g/mol. The first-order valence-electron chi connectivity index (χ1n) is 12.8. The zero-order chi connectivity index (χ0) is 21.0. The lowest BCUT2D eigenvalue weighted by Crippen LogP contribution is -2.59. The molecule has 0 aromatic rings. The Morgan fingerprint density at radius 1 is 0.931 bits per heavy atom. The van der Waals surface area contributed by atoms with Crippen LogP contribution in [0, 0.1) is 50.7 Å². The van der Waals surface area contributed by atoms with Gasteiger partial charge in [-0.2, -0.15) is 0 Å². The molecule has 3 saturated carbocycles. The number of allylic oxidation sites excluding steroid dienone is 4. The molecule has 0 aliphatic heterocycles. The van der Waals surface area contributed by atoms with Crippen LogP contribution in [0.15, 0.2) is 23.3 Å². The molecule has 5 aliphatic rings. The van der Waals surface area contributed by atoms with Crippen LogP contribution in [0.3, 0.4) is 0 Å². The molecule has 0 heteroatoms. The summed E-state index contributed by atoms with van der Waals surface area (Å²) in [7, 11) is 0. The smallest absolute Gasteiger partial charge is 0.000769 e. The zero-order valence-corrected chi connectivity index (χ0v) is 20.6. The SMILES string of the molecule is CC(C)C1CCC2=C3C=CC4C5(C)CCCC(C)(C)C5CCC4(C)C3(C)CC21C. The Morgan fingerprint density at radius 3 is 2.34 bits per heavy atom. The van der Waals surface area contributed by atoms with Gasteiger partial charge in [0.15, 0.2) is 0 Å². The second-order valence-corrected chi connectivity index (χ2v) is 13.9. The zero-order valence-electron chi connectivity index (χ0n) is 20.6. The largest absolute Gasteiger partial charge is 0.0800 e. The molecule has 0 aromatic heterocycles. The van der Waals surface area contributed by atoms with Gasteiger partial charge in [0, 0.05) is 0 Å². The molecule has 7 unspecified atom stereocenters. The van der Waals surface area contributed by atoms with Crippen LogP contribution in [0.2, 0.25) is 0 Å². The van der Waals surface area contributed by atoms with Crippen molar-refractivity contribution in [3.63, 3.8) is 0 Å². The van der Waals surface area contributed by atoms with Gasteiger partial charge >= 0.3 is 0 Å². The van der Waals surface area contributed by atoms with Crippen molar-refractivity contribution in [2.24, 2.45) is 50.7 Å². The predicted octanol–water partition coefficient (Wildman–Crippen LogP) is 8.58. The average molecular weight is 395 g/mol. The maximum Gasteiger partial charge on any atom is -0.000769 e. The molecular weight excluding hydrogens is 348 g/mol. The van der Waals surface area contributed by atoms with Gasteiger partial charge in [-0.05, 0) is 101 Å². The first-order chi connectivity index (χ1) is 13.4. The van der Waals surface area contributed by atoms with Gasteiger partial charge in [0.25, 0.3) is 0 Å². The lowest BCUT2D eigenvalue weighted by Gasteiger charge is -2.67. The average Bonchev–Trinajstić information content (AvgIpc) is 3.03. The van der Waals surface area contributed by atoms with Gasteiger partial charge in [0.05, 0.1) is 0 Å². The molecule has 0 aromatic carbocycles. The number of rotatable bonds is 1. The minimum Gasteiger partial charge on any atom is -0.0800 e. The maximum absolute atomic E-state index is 2.74. The standard InChI is InChI=1S/C29H46/c1-19(2)20-10-11-21-22-12-13-24-26(5)16-9-15-25(3,4)23(26)14-17-28(24,7)29(22,8)18-27(20,21)6/h12-13,19-20,23-24H,9-11,14-18H2,1-8H3. The normalized spacial score (nSPS) is 52.9. The molecule has 0 heterocycles. The maximum atomic E-state index is 2.74. The summed E-state index contributed by atoms with van der Waals surface area (Å²) in [4.78, 5) is 0. The van der Waals surface area contributed by atoms with Crippen molar-refractivity contribution in [2.45, 2.75) is 107 Å². The van der Waals surface area contributed by atoms with Gasteiger partial charge in [0.1, 0.15) is 0 Å². The molecule has 0 N–H and O–H groups in total. The molecule has 5 rings (SSSR count). The molecule has 3 fully saturated rings. The number of fused-ring (bicyclic) bond motifs is 6. The highest BCUT2D eigenvalue weighted by Crippen LogP contribution is 2.76. The minimum atomic E-state index is 0.375. The summed E-state index contributed by atoms with van der Waals surface area (Å²) in [6.07, 6.45) is 16.8. The van der Waals surface area contributed by atoms with Crippen LogP contribution in [0.4, 0.5) is 0 Å². The van der Waals surface area contributed by atoms with E-state index in [1.54, 1.807) is 5.57 Å². The molecule has 29 heavy (non-hydrogen) atoms. The van der Waals surface area contributed by atoms with Gasteiger partial charge in [0.2, 0.25) is 0 Å². The molecule has 5 aliphatic carbocycles. The summed E-state index contributed by atoms with van der Waals surface area (Å²) in [5.41, 5.74) is 5.91. The van der Waals surface area contributed by atoms with Crippen LogP contribution < -0.4 is 0 Å². The van der Waals surface area contributed by atoms with E-state index in [4.69, 9.17) is 0 Å². The van der Waals surface area contributed by atoms with E-state index in [1.807, 2.05) is 5.57 Å². The Bertz CT molecular complexity index is 780. The van der Waals surface area contributed by atoms with Crippen LogP contribution in [-0.2, 0) is 0 Å². The topological polar surface area (TPSA) is 0 Å². The van der Waals surface area contributed by atoms with Crippen molar-refractivity contribution in [3.8, 4) is 0 Å². The first-order valence-corrected chi connectivity index (χ1v) is 12.8. The second kappa shape index (κ2) is 5.83. The first kappa shape index (κ1) is 20.4. The minimum absolute atomic E-state index is 0.375. The molecule has 162 valence electrons. The van der Waals surface area contributed by atoms with E-state index in [1.165, 1.54) is 51.4 Å². The van der Waals surface area contributed by atoms with Crippen molar-refractivity contribution in [1.82, 2.24) is 0 Å². The Labute approximate surface area is 181 Å². The lowest BCUT2D eigenvalue weighted by molar-refractivity contribution is -0.149. The number of hydrogen-bond acceptors (Lipinski definition) is 0. The Kier molecular flexibility index (Phi) is 4.10. The third kappa shape index (κ3) is 2.28. The third-order valence-electron chi connectivity index (χ3n) is 12.0. The van der Waals surface area contributed by atoms with E-state index in [-0.39, 0.29) is 0 Å². The van der Waals surface area contributed by atoms with Gasteiger partial charge in [-0.3, -0.25) is 0 Å². The summed E-state index contributed by atoms with van der Waals surface area (Å²) < 4.78 is 0. The highest BCUT2D eigenvalue weighted by molar-refractivity contribution is 5.49. The van der Waals surface area contributed by atoms with E-state index in [9.17, 15) is 0 Å². The quantitative estimate of drug-likeness (QED) is 0.417. The number of hydrogen-bond donors (Lipinski definition) is 0. The van der Waals surface area contributed by atoms with Crippen molar-refractivity contribution in [1.29, 1.82) is 0 Å². The van der Waals surface area contributed by atoms with Crippen LogP contribution in [0.1, 0.15) is 107 Å².